The summed E-state index contributed by atoms with van der Waals surface area (Å²) in [5.74, 6) is -0.0609. The zero-order valence-electron chi connectivity index (χ0n) is 13.5. The standard InChI is InChI=1S/C16H25N3O3S/c1-2-17-23(21,22)15-9-7-14(8-10-15)18-16(20)13-19-11-5-3-4-6-12-19/h7-10,17H,2-6,11-13H2,1H3,(H,18,20). The molecule has 1 aromatic carbocycles. The van der Waals surface area contributed by atoms with E-state index in [0.29, 0.717) is 18.8 Å². The molecule has 0 radical (unpaired) electrons. The van der Waals surface area contributed by atoms with Crippen LogP contribution in [0.2, 0.25) is 0 Å². The first-order valence-electron chi connectivity index (χ1n) is 8.13. The fourth-order valence-corrected chi connectivity index (χ4v) is 3.73. The van der Waals surface area contributed by atoms with E-state index in [9.17, 15) is 13.2 Å². The van der Waals surface area contributed by atoms with Gasteiger partial charge in [0.15, 0.2) is 0 Å². The lowest BCUT2D eigenvalue weighted by atomic mass is 10.2. The van der Waals surface area contributed by atoms with Crippen LogP contribution in [0.3, 0.4) is 0 Å². The average molecular weight is 339 g/mol. The zero-order chi connectivity index (χ0) is 16.7. The van der Waals surface area contributed by atoms with Gasteiger partial charge in [0.25, 0.3) is 0 Å². The van der Waals surface area contributed by atoms with E-state index >= 15 is 0 Å². The predicted octanol–water partition coefficient (Wildman–Crippen LogP) is 1.80. The molecule has 1 saturated heterocycles. The third-order valence-corrected chi connectivity index (χ3v) is 5.41. The Morgan fingerprint density at radius 1 is 1.09 bits per heavy atom. The number of hydrogen-bond acceptors (Lipinski definition) is 4. The van der Waals surface area contributed by atoms with Crippen molar-refractivity contribution in [2.75, 3.05) is 31.5 Å². The molecule has 7 heteroatoms. The number of carbonyl (C=O) groups is 1. The summed E-state index contributed by atoms with van der Waals surface area (Å²) in [5, 5.41) is 2.82. The Kier molecular flexibility index (Phi) is 6.56. The van der Waals surface area contributed by atoms with Gasteiger partial charge in [0.2, 0.25) is 15.9 Å². The van der Waals surface area contributed by atoms with Gasteiger partial charge in [0.1, 0.15) is 0 Å². The van der Waals surface area contributed by atoms with Crippen LogP contribution in [-0.2, 0) is 14.8 Å². The SMILES string of the molecule is CCNS(=O)(=O)c1ccc(NC(=O)CN2CCCCCC2)cc1. The van der Waals surface area contributed by atoms with Gasteiger partial charge in [-0.3, -0.25) is 9.69 Å². The molecule has 0 bridgehead atoms. The van der Waals surface area contributed by atoms with Crippen LogP contribution in [0.15, 0.2) is 29.2 Å². The number of amides is 1. The summed E-state index contributed by atoms with van der Waals surface area (Å²) in [4.78, 5) is 14.5. The number of nitrogens with one attached hydrogen (secondary N) is 2. The molecule has 0 aliphatic carbocycles. The van der Waals surface area contributed by atoms with Crippen molar-refractivity contribution in [1.29, 1.82) is 0 Å². The smallest absolute Gasteiger partial charge is 0.240 e. The minimum atomic E-state index is -3.45. The van der Waals surface area contributed by atoms with Gasteiger partial charge in [0.05, 0.1) is 11.4 Å². The van der Waals surface area contributed by atoms with Crippen LogP contribution in [-0.4, -0.2) is 45.4 Å². The number of nitrogens with zero attached hydrogens (tertiary/aromatic N) is 1. The fourth-order valence-electron chi connectivity index (χ4n) is 2.69. The number of rotatable bonds is 6. The lowest BCUT2D eigenvalue weighted by molar-refractivity contribution is -0.117. The molecule has 0 unspecified atom stereocenters. The highest BCUT2D eigenvalue weighted by Gasteiger charge is 2.14. The van der Waals surface area contributed by atoms with Crippen molar-refractivity contribution in [3.05, 3.63) is 24.3 Å². The van der Waals surface area contributed by atoms with Gasteiger partial charge in [-0.25, -0.2) is 13.1 Å². The van der Waals surface area contributed by atoms with E-state index < -0.39 is 10.0 Å². The van der Waals surface area contributed by atoms with Crippen molar-refractivity contribution in [3.8, 4) is 0 Å². The van der Waals surface area contributed by atoms with E-state index in [1.165, 1.54) is 25.0 Å². The molecular weight excluding hydrogens is 314 g/mol. The predicted molar refractivity (Wildman–Crippen MR) is 90.8 cm³/mol. The van der Waals surface area contributed by atoms with Crippen molar-refractivity contribution in [1.82, 2.24) is 9.62 Å². The van der Waals surface area contributed by atoms with Gasteiger partial charge in [-0.2, -0.15) is 0 Å². The molecule has 0 saturated carbocycles. The number of benzene rings is 1. The second kappa shape index (κ2) is 8.42. The molecule has 0 aromatic heterocycles. The molecule has 23 heavy (non-hydrogen) atoms. The Balaban J connectivity index is 1.91. The first-order chi connectivity index (χ1) is 11.0. The minimum Gasteiger partial charge on any atom is -0.325 e. The maximum atomic E-state index is 12.1. The summed E-state index contributed by atoms with van der Waals surface area (Å²) >= 11 is 0. The van der Waals surface area contributed by atoms with E-state index in [1.807, 2.05) is 0 Å². The van der Waals surface area contributed by atoms with E-state index in [-0.39, 0.29) is 10.8 Å². The summed E-state index contributed by atoms with van der Waals surface area (Å²) in [7, 11) is -3.45. The summed E-state index contributed by atoms with van der Waals surface area (Å²) in [5.41, 5.74) is 0.611. The number of anilines is 1. The molecule has 2 N–H and O–H groups in total. The number of hydrogen-bond donors (Lipinski definition) is 2. The molecule has 2 rings (SSSR count). The summed E-state index contributed by atoms with van der Waals surface area (Å²) in [6.45, 7) is 4.39. The van der Waals surface area contributed by atoms with Crippen LogP contribution >= 0.6 is 0 Å². The molecule has 1 fully saturated rings. The van der Waals surface area contributed by atoms with Gasteiger partial charge in [-0.15, -0.1) is 0 Å². The lowest BCUT2D eigenvalue weighted by Gasteiger charge is -2.19. The van der Waals surface area contributed by atoms with Gasteiger partial charge in [-0.05, 0) is 50.2 Å². The highest BCUT2D eigenvalue weighted by atomic mass is 32.2. The Labute approximate surface area is 138 Å². The third-order valence-electron chi connectivity index (χ3n) is 3.85. The van der Waals surface area contributed by atoms with Crippen LogP contribution in [0.1, 0.15) is 32.6 Å². The molecule has 1 aliphatic heterocycles. The summed E-state index contributed by atoms with van der Waals surface area (Å²) in [6, 6.07) is 6.23. The summed E-state index contributed by atoms with van der Waals surface area (Å²) < 4.78 is 26.1. The Morgan fingerprint density at radius 3 is 2.26 bits per heavy atom. The van der Waals surface area contributed by atoms with Crippen molar-refractivity contribution in [3.63, 3.8) is 0 Å². The highest BCUT2D eigenvalue weighted by Crippen LogP contribution is 2.14. The van der Waals surface area contributed by atoms with Crippen molar-refractivity contribution >= 4 is 21.6 Å². The number of carbonyl (C=O) groups excluding carboxylic acids is 1. The lowest BCUT2D eigenvalue weighted by Crippen LogP contribution is -2.33. The molecule has 6 nitrogen and oxygen atoms in total. The molecule has 1 amide bonds. The van der Waals surface area contributed by atoms with E-state index in [1.54, 1.807) is 19.1 Å². The first kappa shape index (κ1) is 17.9. The van der Waals surface area contributed by atoms with E-state index in [4.69, 9.17) is 0 Å². The largest absolute Gasteiger partial charge is 0.325 e. The summed E-state index contributed by atoms with van der Waals surface area (Å²) in [6.07, 6.45) is 4.76. The van der Waals surface area contributed by atoms with Crippen molar-refractivity contribution in [2.24, 2.45) is 0 Å². The molecule has 1 aromatic rings. The molecule has 0 spiro atoms. The average Bonchev–Trinajstić information content (AvgIpc) is 2.76. The highest BCUT2D eigenvalue weighted by molar-refractivity contribution is 7.89. The van der Waals surface area contributed by atoms with Gasteiger partial charge in [-0.1, -0.05) is 19.8 Å². The van der Waals surface area contributed by atoms with Gasteiger partial charge in [0, 0.05) is 12.2 Å². The van der Waals surface area contributed by atoms with Crippen LogP contribution in [0.25, 0.3) is 0 Å². The first-order valence-corrected chi connectivity index (χ1v) is 9.61. The molecular formula is C16H25N3O3S. The second-order valence-corrected chi connectivity index (χ2v) is 7.53. The second-order valence-electron chi connectivity index (χ2n) is 5.76. The van der Waals surface area contributed by atoms with Crippen LogP contribution in [0.5, 0.6) is 0 Å². The number of sulfonamides is 1. The Morgan fingerprint density at radius 2 is 1.70 bits per heavy atom. The van der Waals surface area contributed by atoms with Gasteiger partial charge >= 0.3 is 0 Å². The fraction of sp³-hybridized carbons (Fsp3) is 0.562. The quantitative estimate of drug-likeness (QED) is 0.828. The molecule has 1 aliphatic rings. The van der Waals surface area contributed by atoms with Crippen molar-refractivity contribution in [2.45, 2.75) is 37.5 Å². The van der Waals surface area contributed by atoms with E-state index in [0.717, 1.165) is 25.9 Å². The monoisotopic (exact) mass is 339 g/mol. The topological polar surface area (TPSA) is 78.5 Å². The van der Waals surface area contributed by atoms with E-state index in [2.05, 4.69) is 14.9 Å². The Hall–Kier alpha value is -1.44. The maximum Gasteiger partial charge on any atom is 0.240 e. The van der Waals surface area contributed by atoms with Crippen LogP contribution < -0.4 is 10.0 Å². The Bertz CT molecular complexity index is 606. The van der Waals surface area contributed by atoms with Crippen molar-refractivity contribution < 1.29 is 13.2 Å². The molecule has 128 valence electrons. The van der Waals surface area contributed by atoms with Crippen LogP contribution in [0, 0.1) is 0 Å². The third kappa shape index (κ3) is 5.60. The van der Waals surface area contributed by atoms with Crippen LogP contribution in [0.4, 0.5) is 5.69 Å². The maximum absolute atomic E-state index is 12.1. The minimum absolute atomic E-state index is 0.0609. The van der Waals surface area contributed by atoms with Gasteiger partial charge < -0.3 is 5.32 Å². The molecule has 0 atom stereocenters. The zero-order valence-corrected chi connectivity index (χ0v) is 14.4. The normalized spacial score (nSPS) is 16.7. The number of likely N-dealkylation sites (tertiary alicyclic amines) is 1. The molecule has 1 heterocycles.